The third-order valence-corrected chi connectivity index (χ3v) is 4.06. The average molecular weight is 284 g/mol. The highest BCUT2D eigenvalue weighted by Gasteiger charge is 2.21. The van der Waals surface area contributed by atoms with Crippen LogP contribution in [-0.4, -0.2) is 31.5 Å². The van der Waals surface area contributed by atoms with Crippen LogP contribution >= 0.6 is 6.72 Å². The molecule has 0 aliphatic heterocycles. The van der Waals surface area contributed by atoms with Gasteiger partial charge in [0.2, 0.25) is 0 Å². The molecule has 6 heteroatoms. The molecule has 0 atom stereocenters. The fourth-order valence-electron chi connectivity index (χ4n) is 0.833. The third kappa shape index (κ3) is 10.1. The van der Waals surface area contributed by atoms with Crippen molar-refractivity contribution in [2.45, 2.75) is 34.1 Å². The van der Waals surface area contributed by atoms with Crippen molar-refractivity contribution in [1.82, 2.24) is 0 Å². The quantitative estimate of drug-likeness (QED) is 0.493. The van der Waals surface area contributed by atoms with Gasteiger partial charge in [0, 0.05) is 6.61 Å². The molecule has 0 heterocycles. The molecule has 0 aromatic rings. The van der Waals surface area contributed by atoms with Crippen LogP contribution < -0.4 is 0 Å². The molecule has 0 saturated carbocycles. The van der Waals surface area contributed by atoms with Crippen molar-refractivity contribution in [3.63, 3.8) is 0 Å². The summed E-state index contributed by atoms with van der Waals surface area (Å²) in [5.41, 5.74) is 0. The van der Waals surface area contributed by atoms with Gasteiger partial charge in [0.05, 0.1) is 19.8 Å². The van der Waals surface area contributed by atoms with Gasteiger partial charge in [-0.15, -0.1) is 0 Å². The Balaban J connectivity index is 4.19. The number of rotatable bonds is 10. The predicted molar refractivity (Wildman–Crippen MR) is 73.5 cm³/mol. The minimum atomic E-state index is -2.63. The van der Waals surface area contributed by atoms with Crippen molar-refractivity contribution in [3.8, 4) is 0 Å². The van der Waals surface area contributed by atoms with Crippen molar-refractivity contribution in [2.75, 3.05) is 26.4 Å². The highest BCUT2D eigenvalue weighted by atomic mass is 32.5. The normalized spacial score (nSPS) is 12.6. The highest BCUT2D eigenvalue weighted by Crippen LogP contribution is 2.50. The van der Waals surface area contributed by atoms with Gasteiger partial charge in [-0.3, -0.25) is 0 Å². The van der Waals surface area contributed by atoms with Crippen LogP contribution in [0.2, 0.25) is 0 Å². The van der Waals surface area contributed by atoms with Crippen LogP contribution in [0.5, 0.6) is 0 Å². The first kappa shape index (κ1) is 17.5. The van der Waals surface area contributed by atoms with E-state index in [9.17, 15) is 0 Å². The number of hydrogen-bond acceptors (Lipinski definition) is 5. The second-order valence-electron chi connectivity index (χ2n) is 4.74. The third-order valence-electron chi connectivity index (χ3n) is 1.68. The molecule has 0 saturated heterocycles. The van der Waals surface area contributed by atoms with Crippen LogP contribution in [0.1, 0.15) is 34.1 Å². The van der Waals surface area contributed by atoms with Crippen molar-refractivity contribution >= 4 is 18.5 Å². The standard InChI is InChI=1S/C11H25O4PS/c1-10(2)8-14-16(17,13-7-5-6-12)15-9-11(3)4/h10-12H,5-9H2,1-4H3. The first-order valence-electron chi connectivity index (χ1n) is 6.04. The maximum absolute atomic E-state index is 8.72. The lowest BCUT2D eigenvalue weighted by Gasteiger charge is -2.23. The molecule has 0 rings (SSSR count). The van der Waals surface area contributed by atoms with Gasteiger partial charge in [-0.1, -0.05) is 27.7 Å². The van der Waals surface area contributed by atoms with Gasteiger partial charge in [-0.05, 0) is 30.1 Å². The number of aliphatic hydroxyl groups is 1. The summed E-state index contributed by atoms with van der Waals surface area (Å²) in [6.07, 6.45) is 0.550. The minimum Gasteiger partial charge on any atom is -0.396 e. The van der Waals surface area contributed by atoms with E-state index < -0.39 is 6.72 Å². The van der Waals surface area contributed by atoms with E-state index >= 15 is 0 Å². The Morgan fingerprint density at radius 3 is 1.82 bits per heavy atom. The van der Waals surface area contributed by atoms with Gasteiger partial charge in [0.1, 0.15) is 0 Å². The summed E-state index contributed by atoms with van der Waals surface area (Å²) in [5, 5.41) is 8.72. The Morgan fingerprint density at radius 2 is 1.47 bits per heavy atom. The molecule has 0 radical (unpaired) electrons. The smallest absolute Gasteiger partial charge is 0.327 e. The highest BCUT2D eigenvalue weighted by molar-refractivity contribution is 8.07. The summed E-state index contributed by atoms with van der Waals surface area (Å²) < 4.78 is 16.7. The molecule has 1 N–H and O–H groups in total. The van der Waals surface area contributed by atoms with Gasteiger partial charge in [-0.25, -0.2) is 0 Å². The molecule has 104 valence electrons. The van der Waals surface area contributed by atoms with Gasteiger partial charge >= 0.3 is 6.72 Å². The Labute approximate surface area is 110 Å². The molecule has 0 spiro atoms. The SMILES string of the molecule is CC(C)COP(=S)(OCCCO)OCC(C)C. The number of aliphatic hydroxyl groups excluding tert-OH is 1. The van der Waals surface area contributed by atoms with Crippen molar-refractivity contribution < 1.29 is 18.7 Å². The molecule has 0 unspecified atom stereocenters. The van der Waals surface area contributed by atoms with Gasteiger partial charge in [-0.2, -0.15) is 0 Å². The van der Waals surface area contributed by atoms with Crippen LogP contribution in [0.25, 0.3) is 0 Å². The zero-order valence-corrected chi connectivity index (χ0v) is 12.9. The maximum Gasteiger partial charge on any atom is 0.327 e. The largest absolute Gasteiger partial charge is 0.396 e. The van der Waals surface area contributed by atoms with E-state index in [-0.39, 0.29) is 6.61 Å². The molecule has 4 nitrogen and oxygen atoms in total. The molecular formula is C11H25O4PS. The van der Waals surface area contributed by atoms with Gasteiger partial charge in [0.25, 0.3) is 0 Å². The van der Waals surface area contributed by atoms with Crippen LogP contribution in [-0.2, 0) is 25.4 Å². The van der Waals surface area contributed by atoms with Crippen molar-refractivity contribution in [1.29, 1.82) is 0 Å². The predicted octanol–water partition coefficient (Wildman–Crippen LogP) is 2.96. The molecule has 0 amide bonds. The number of hydrogen-bond donors (Lipinski definition) is 1. The van der Waals surface area contributed by atoms with E-state index in [0.717, 1.165) is 0 Å². The van der Waals surface area contributed by atoms with E-state index in [0.29, 0.717) is 38.1 Å². The van der Waals surface area contributed by atoms with Crippen molar-refractivity contribution in [2.24, 2.45) is 11.8 Å². The Morgan fingerprint density at radius 1 is 1.00 bits per heavy atom. The molecule has 0 aliphatic carbocycles. The van der Waals surface area contributed by atoms with E-state index in [4.69, 9.17) is 30.5 Å². The Hall–Kier alpha value is 0.490. The Kier molecular flexibility index (Phi) is 9.70. The summed E-state index contributed by atoms with van der Waals surface area (Å²) in [4.78, 5) is 0. The minimum absolute atomic E-state index is 0.0870. The molecule has 17 heavy (non-hydrogen) atoms. The molecule has 0 aromatic heterocycles. The first-order valence-corrected chi connectivity index (χ1v) is 8.59. The summed E-state index contributed by atoms with van der Waals surface area (Å²) in [6, 6.07) is 0. The van der Waals surface area contributed by atoms with Crippen LogP contribution in [0.3, 0.4) is 0 Å². The fraction of sp³-hybridized carbons (Fsp3) is 1.00. The lowest BCUT2D eigenvalue weighted by Crippen LogP contribution is -2.09. The molecule has 0 fully saturated rings. The van der Waals surface area contributed by atoms with Gasteiger partial charge in [0.15, 0.2) is 0 Å². The topological polar surface area (TPSA) is 47.9 Å². The van der Waals surface area contributed by atoms with E-state index in [1.54, 1.807) is 0 Å². The fourth-order valence-corrected chi connectivity index (χ4v) is 2.96. The van der Waals surface area contributed by atoms with Crippen LogP contribution in [0.15, 0.2) is 0 Å². The molecule has 0 aromatic carbocycles. The van der Waals surface area contributed by atoms with Crippen LogP contribution in [0.4, 0.5) is 0 Å². The van der Waals surface area contributed by atoms with E-state index in [1.807, 2.05) is 0 Å². The van der Waals surface area contributed by atoms with Crippen LogP contribution in [0, 0.1) is 11.8 Å². The monoisotopic (exact) mass is 284 g/mol. The zero-order valence-electron chi connectivity index (χ0n) is 11.2. The lowest BCUT2D eigenvalue weighted by molar-refractivity contribution is 0.128. The zero-order chi connectivity index (χ0) is 13.3. The molecular weight excluding hydrogens is 259 g/mol. The maximum atomic E-state index is 8.72. The van der Waals surface area contributed by atoms with E-state index in [1.165, 1.54) is 0 Å². The molecule has 0 bridgehead atoms. The van der Waals surface area contributed by atoms with Crippen molar-refractivity contribution in [3.05, 3.63) is 0 Å². The van der Waals surface area contributed by atoms with Gasteiger partial charge < -0.3 is 18.7 Å². The summed E-state index contributed by atoms with van der Waals surface area (Å²) in [7, 11) is 0. The summed E-state index contributed by atoms with van der Waals surface area (Å²) in [5.74, 6) is 0.780. The lowest BCUT2D eigenvalue weighted by atomic mass is 10.2. The summed E-state index contributed by atoms with van der Waals surface area (Å²) >= 11 is 5.31. The first-order chi connectivity index (χ1) is 7.89. The molecule has 0 aliphatic rings. The van der Waals surface area contributed by atoms with E-state index in [2.05, 4.69) is 27.7 Å². The second-order valence-corrected chi connectivity index (χ2v) is 7.75. The Bertz CT molecular complexity index is 218. The average Bonchev–Trinajstić information content (AvgIpc) is 2.24. The summed E-state index contributed by atoms with van der Waals surface area (Å²) in [6.45, 7) is 7.11. The second kappa shape index (κ2) is 9.42.